The van der Waals surface area contributed by atoms with Crippen LogP contribution >= 0.6 is 0 Å². The number of nitrogens with zero attached hydrogens (tertiary/aromatic N) is 1. The molecule has 2 atom stereocenters. The minimum atomic E-state index is -4.60. The molecule has 0 radical (unpaired) electrons. The van der Waals surface area contributed by atoms with Crippen LogP contribution < -0.4 is 4.90 Å². The molecule has 2 N–H and O–H groups in total. The molecular formula is C12H12F3NO3. The second kappa shape index (κ2) is 4.82. The second-order valence-corrected chi connectivity index (χ2v) is 4.43. The van der Waals surface area contributed by atoms with Crippen LogP contribution in [0.5, 0.6) is 0 Å². The van der Waals surface area contributed by atoms with E-state index < -0.39 is 23.9 Å². The molecule has 1 heterocycles. The molecule has 0 saturated carbocycles. The fourth-order valence-corrected chi connectivity index (χ4v) is 2.10. The Morgan fingerprint density at radius 3 is 2.26 bits per heavy atom. The lowest BCUT2D eigenvalue weighted by Crippen LogP contribution is -2.24. The summed E-state index contributed by atoms with van der Waals surface area (Å²) in [6.45, 7) is -0.157. The second-order valence-electron chi connectivity index (χ2n) is 4.43. The first-order chi connectivity index (χ1) is 8.82. The number of halogens is 3. The molecule has 19 heavy (non-hydrogen) atoms. The number of alkyl halides is 3. The minimum Gasteiger partial charge on any atom is -0.389 e. The summed E-state index contributed by atoms with van der Waals surface area (Å²) >= 11 is 0. The molecule has 104 valence electrons. The van der Waals surface area contributed by atoms with Crippen molar-refractivity contribution in [2.75, 3.05) is 18.0 Å². The van der Waals surface area contributed by atoms with E-state index in [2.05, 4.69) is 0 Å². The number of carbonyl (C=O) groups excluding carboxylic acids is 1. The zero-order valence-electron chi connectivity index (χ0n) is 9.76. The topological polar surface area (TPSA) is 60.8 Å². The van der Waals surface area contributed by atoms with E-state index in [9.17, 15) is 28.2 Å². The largest absolute Gasteiger partial charge is 0.418 e. The van der Waals surface area contributed by atoms with E-state index in [0.717, 1.165) is 6.07 Å². The van der Waals surface area contributed by atoms with E-state index in [-0.39, 0.29) is 24.3 Å². The first-order valence-corrected chi connectivity index (χ1v) is 5.60. The molecular weight excluding hydrogens is 263 g/mol. The lowest BCUT2D eigenvalue weighted by molar-refractivity contribution is -0.137. The molecule has 2 unspecified atom stereocenters. The van der Waals surface area contributed by atoms with Gasteiger partial charge < -0.3 is 15.1 Å². The highest BCUT2D eigenvalue weighted by Gasteiger charge is 2.38. The summed E-state index contributed by atoms with van der Waals surface area (Å²) in [6, 6.07) is 3.21. The molecule has 4 nitrogen and oxygen atoms in total. The molecule has 0 aliphatic carbocycles. The number of hydrogen-bond acceptors (Lipinski definition) is 4. The lowest BCUT2D eigenvalue weighted by atomic mass is 10.1. The van der Waals surface area contributed by atoms with Gasteiger partial charge in [-0.05, 0) is 18.2 Å². The number of aliphatic hydroxyl groups is 2. The molecule has 1 saturated heterocycles. The third-order valence-electron chi connectivity index (χ3n) is 3.06. The van der Waals surface area contributed by atoms with Gasteiger partial charge in [-0.1, -0.05) is 0 Å². The third kappa shape index (κ3) is 2.71. The monoisotopic (exact) mass is 275 g/mol. The fraction of sp³-hybridized carbons (Fsp3) is 0.417. The smallest absolute Gasteiger partial charge is 0.389 e. The quantitative estimate of drug-likeness (QED) is 0.792. The number of hydrogen-bond donors (Lipinski definition) is 2. The van der Waals surface area contributed by atoms with Gasteiger partial charge in [-0.3, -0.25) is 4.79 Å². The molecule has 1 fully saturated rings. The van der Waals surface area contributed by atoms with Gasteiger partial charge in [0.1, 0.15) is 6.29 Å². The van der Waals surface area contributed by atoms with Gasteiger partial charge in [-0.15, -0.1) is 0 Å². The van der Waals surface area contributed by atoms with Crippen molar-refractivity contribution >= 4 is 12.0 Å². The standard InChI is InChI=1S/C12H12F3NO3/c13-12(14,15)8-3-7(6-17)1-2-9(8)16-4-10(18)11(19)5-16/h1-3,6,10-11,18-19H,4-5H2. The van der Waals surface area contributed by atoms with Gasteiger partial charge in [0.15, 0.2) is 0 Å². The van der Waals surface area contributed by atoms with Crippen LogP contribution in [0.3, 0.4) is 0 Å². The fourth-order valence-electron chi connectivity index (χ4n) is 2.10. The Bertz CT molecular complexity index is 480. The van der Waals surface area contributed by atoms with Crippen LogP contribution in [0.1, 0.15) is 15.9 Å². The van der Waals surface area contributed by atoms with E-state index in [1.807, 2.05) is 0 Å². The number of aldehydes is 1. The molecule has 0 aromatic heterocycles. The summed E-state index contributed by atoms with van der Waals surface area (Å²) in [5.41, 5.74) is -1.16. The number of benzene rings is 1. The van der Waals surface area contributed by atoms with Crippen molar-refractivity contribution in [3.05, 3.63) is 29.3 Å². The van der Waals surface area contributed by atoms with Crippen molar-refractivity contribution in [3.63, 3.8) is 0 Å². The van der Waals surface area contributed by atoms with E-state index >= 15 is 0 Å². The maximum Gasteiger partial charge on any atom is 0.418 e. The van der Waals surface area contributed by atoms with Crippen LogP contribution in [0.25, 0.3) is 0 Å². The Morgan fingerprint density at radius 1 is 1.21 bits per heavy atom. The summed E-state index contributed by atoms with van der Waals surface area (Å²) < 4.78 is 38.8. The summed E-state index contributed by atoms with van der Waals surface area (Å²) in [7, 11) is 0. The number of anilines is 1. The van der Waals surface area contributed by atoms with Gasteiger partial charge >= 0.3 is 6.18 Å². The van der Waals surface area contributed by atoms with E-state index in [1.165, 1.54) is 17.0 Å². The summed E-state index contributed by atoms with van der Waals surface area (Å²) in [5.74, 6) is 0. The van der Waals surface area contributed by atoms with E-state index in [0.29, 0.717) is 6.29 Å². The molecule has 0 amide bonds. The van der Waals surface area contributed by atoms with Crippen molar-refractivity contribution in [2.24, 2.45) is 0 Å². The highest BCUT2D eigenvalue weighted by molar-refractivity contribution is 5.77. The van der Waals surface area contributed by atoms with Crippen LogP contribution in [0, 0.1) is 0 Å². The Kier molecular flexibility index (Phi) is 3.51. The van der Waals surface area contributed by atoms with Gasteiger partial charge in [-0.25, -0.2) is 0 Å². The van der Waals surface area contributed by atoms with Gasteiger partial charge in [-0.2, -0.15) is 13.2 Å². The number of β-amino-alcohol motifs (C(OH)–C–C–N with tert-alkyl or cyclic N) is 2. The number of carbonyl (C=O) groups is 1. The van der Waals surface area contributed by atoms with Gasteiger partial charge in [0.05, 0.1) is 17.8 Å². The molecule has 1 aliphatic heterocycles. The zero-order chi connectivity index (χ0) is 14.2. The minimum absolute atomic E-state index is 0.0728. The van der Waals surface area contributed by atoms with Crippen LogP contribution in [0.15, 0.2) is 18.2 Å². The van der Waals surface area contributed by atoms with Crippen molar-refractivity contribution in [1.29, 1.82) is 0 Å². The molecule has 7 heteroatoms. The maximum atomic E-state index is 12.9. The summed E-state index contributed by atoms with van der Waals surface area (Å²) in [5, 5.41) is 18.8. The number of aliphatic hydroxyl groups excluding tert-OH is 2. The van der Waals surface area contributed by atoms with Gasteiger partial charge in [0, 0.05) is 24.3 Å². The Labute approximate surface area is 107 Å². The SMILES string of the molecule is O=Cc1ccc(N2CC(O)C(O)C2)c(C(F)(F)F)c1. The van der Waals surface area contributed by atoms with Gasteiger partial charge in [0.2, 0.25) is 0 Å². The van der Waals surface area contributed by atoms with E-state index in [1.54, 1.807) is 0 Å². The predicted octanol–water partition coefficient (Wildman–Crippen LogP) is 1.06. The molecule has 2 rings (SSSR count). The van der Waals surface area contributed by atoms with E-state index in [4.69, 9.17) is 0 Å². The molecule has 0 spiro atoms. The van der Waals surface area contributed by atoms with Crippen LogP contribution in [-0.2, 0) is 6.18 Å². The van der Waals surface area contributed by atoms with Crippen LogP contribution in [0.4, 0.5) is 18.9 Å². The summed E-state index contributed by atoms with van der Waals surface area (Å²) in [4.78, 5) is 11.8. The highest BCUT2D eigenvalue weighted by Crippen LogP contribution is 2.38. The Hall–Kier alpha value is -1.60. The Balaban J connectivity index is 2.43. The molecule has 1 aromatic carbocycles. The van der Waals surface area contributed by atoms with Crippen molar-refractivity contribution in [3.8, 4) is 0 Å². The number of rotatable bonds is 2. The highest BCUT2D eigenvalue weighted by atomic mass is 19.4. The van der Waals surface area contributed by atoms with Crippen molar-refractivity contribution in [1.82, 2.24) is 0 Å². The Morgan fingerprint density at radius 2 is 1.79 bits per heavy atom. The summed E-state index contributed by atoms with van der Waals surface area (Å²) in [6.07, 6.45) is -6.42. The average Bonchev–Trinajstić information content (AvgIpc) is 2.67. The van der Waals surface area contributed by atoms with Gasteiger partial charge in [0.25, 0.3) is 0 Å². The predicted molar refractivity (Wildman–Crippen MR) is 61.1 cm³/mol. The molecule has 1 aromatic rings. The van der Waals surface area contributed by atoms with Crippen LogP contribution in [0.2, 0.25) is 0 Å². The van der Waals surface area contributed by atoms with Crippen molar-refractivity contribution in [2.45, 2.75) is 18.4 Å². The maximum absolute atomic E-state index is 12.9. The first kappa shape index (κ1) is 13.8. The normalized spacial score (nSPS) is 23.7. The zero-order valence-corrected chi connectivity index (χ0v) is 9.76. The lowest BCUT2D eigenvalue weighted by Gasteiger charge is -2.22. The third-order valence-corrected chi connectivity index (χ3v) is 3.06. The van der Waals surface area contributed by atoms with Crippen molar-refractivity contribution < 1.29 is 28.2 Å². The first-order valence-electron chi connectivity index (χ1n) is 5.60. The molecule has 0 bridgehead atoms. The van der Waals surface area contributed by atoms with Crippen LogP contribution in [-0.4, -0.2) is 41.8 Å². The molecule has 1 aliphatic rings. The average molecular weight is 275 g/mol.